The normalized spacial score (nSPS) is 20.4. The summed E-state index contributed by atoms with van der Waals surface area (Å²) >= 11 is 1.48. The second-order valence-corrected chi connectivity index (χ2v) is 5.74. The molecule has 1 aliphatic heterocycles. The molecule has 0 saturated heterocycles. The van der Waals surface area contributed by atoms with Gasteiger partial charge in [0.05, 0.1) is 4.90 Å². The van der Waals surface area contributed by atoms with E-state index in [2.05, 4.69) is 0 Å². The summed E-state index contributed by atoms with van der Waals surface area (Å²) in [6.07, 6.45) is 0. The maximum atomic E-state index is 11.7. The molecule has 0 spiro atoms. The van der Waals surface area contributed by atoms with Crippen molar-refractivity contribution in [1.29, 1.82) is 0 Å². The fourth-order valence-electron chi connectivity index (χ4n) is 1.40. The van der Waals surface area contributed by atoms with Gasteiger partial charge in [-0.3, -0.25) is 0 Å². The molecule has 0 radical (unpaired) electrons. The zero-order valence-electron chi connectivity index (χ0n) is 6.93. The molecule has 0 fully saturated rings. The summed E-state index contributed by atoms with van der Waals surface area (Å²) < 4.78 is 24.8. The second-order valence-electron chi connectivity index (χ2n) is 2.84. The first-order valence-corrected chi connectivity index (χ1v) is 6.25. The van der Waals surface area contributed by atoms with Crippen LogP contribution < -0.4 is 5.73 Å². The number of hydrogen-bond donors (Lipinski definition) is 1. The van der Waals surface area contributed by atoms with Crippen LogP contribution in [0.4, 0.5) is 0 Å². The number of rotatable bonds is 2. The Hall–Kier alpha value is -0.430. The van der Waals surface area contributed by atoms with E-state index in [1.54, 1.807) is 6.07 Å². The van der Waals surface area contributed by atoms with E-state index in [1.807, 2.05) is 5.38 Å². The predicted octanol–water partition coefficient (Wildman–Crippen LogP) is 0.211. The maximum absolute atomic E-state index is 11.7. The molecular weight excluding hydrogens is 208 g/mol. The lowest BCUT2D eigenvalue weighted by Crippen LogP contribution is -2.29. The van der Waals surface area contributed by atoms with Gasteiger partial charge in [0.25, 0.3) is 0 Å². The third-order valence-corrected chi connectivity index (χ3v) is 4.99. The van der Waals surface area contributed by atoms with Gasteiger partial charge in [-0.15, -0.1) is 11.3 Å². The van der Waals surface area contributed by atoms with Crippen molar-refractivity contribution in [3.63, 3.8) is 0 Å². The average molecular weight is 218 g/mol. The van der Waals surface area contributed by atoms with Crippen molar-refractivity contribution in [1.82, 2.24) is 4.31 Å². The predicted molar refractivity (Wildman–Crippen MR) is 51.0 cm³/mol. The molecule has 13 heavy (non-hydrogen) atoms. The van der Waals surface area contributed by atoms with E-state index in [4.69, 9.17) is 5.73 Å². The van der Waals surface area contributed by atoms with Crippen LogP contribution in [-0.2, 0) is 16.6 Å². The van der Waals surface area contributed by atoms with Crippen LogP contribution in [0, 0.1) is 0 Å². The summed E-state index contributed by atoms with van der Waals surface area (Å²) in [5.74, 6) is 0. The van der Waals surface area contributed by atoms with Gasteiger partial charge in [-0.2, -0.15) is 4.31 Å². The Labute approximate surface area is 81.0 Å². The Balaban J connectivity index is 2.41. The molecule has 1 aliphatic rings. The van der Waals surface area contributed by atoms with Gasteiger partial charge in [0.1, 0.15) is 0 Å². The van der Waals surface area contributed by atoms with E-state index in [9.17, 15) is 8.42 Å². The van der Waals surface area contributed by atoms with E-state index in [1.165, 1.54) is 15.6 Å². The van der Waals surface area contributed by atoms with E-state index >= 15 is 0 Å². The molecule has 0 aromatic carbocycles. The number of fused-ring (bicyclic) bond motifs is 1. The van der Waals surface area contributed by atoms with E-state index in [0.29, 0.717) is 24.5 Å². The summed E-state index contributed by atoms with van der Waals surface area (Å²) in [5, 5.41) is 1.81. The summed E-state index contributed by atoms with van der Waals surface area (Å²) in [5.41, 5.74) is 5.33. The molecule has 0 unspecified atom stereocenters. The Morgan fingerprint density at radius 3 is 3.00 bits per heavy atom. The fourth-order valence-corrected chi connectivity index (χ4v) is 4.33. The van der Waals surface area contributed by atoms with E-state index in [0.717, 1.165) is 4.88 Å². The van der Waals surface area contributed by atoms with Crippen molar-refractivity contribution in [2.75, 3.05) is 13.1 Å². The quantitative estimate of drug-likeness (QED) is 0.772. The molecule has 0 amide bonds. The molecule has 6 heteroatoms. The summed E-state index contributed by atoms with van der Waals surface area (Å²) in [7, 11) is -3.20. The zero-order valence-corrected chi connectivity index (χ0v) is 8.57. The van der Waals surface area contributed by atoms with Crippen molar-refractivity contribution in [2.45, 2.75) is 11.4 Å². The third kappa shape index (κ3) is 1.30. The zero-order chi connectivity index (χ0) is 9.47. The van der Waals surface area contributed by atoms with Crippen molar-refractivity contribution in [3.8, 4) is 0 Å². The molecule has 0 atom stereocenters. The van der Waals surface area contributed by atoms with Crippen LogP contribution in [0.2, 0.25) is 0 Å². The monoisotopic (exact) mass is 218 g/mol. The van der Waals surface area contributed by atoms with Gasteiger partial charge in [-0.1, -0.05) is 0 Å². The molecule has 1 aromatic heterocycles. The van der Waals surface area contributed by atoms with Crippen LogP contribution in [0.15, 0.2) is 16.3 Å². The van der Waals surface area contributed by atoms with Gasteiger partial charge < -0.3 is 5.73 Å². The molecule has 2 heterocycles. The first-order chi connectivity index (χ1) is 6.16. The minimum atomic E-state index is -3.20. The molecule has 1 aromatic rings. The highest BCUT2D eigenvalue weighted by Gasteiger charge is 2.34. The van der Waals surface area contributed by atoms with Gasteiger partial charge in [0.2, 0.25) is 10.0 Å². The molecule has 0 bridgehead atoms. The van der Waals surface area contributed by atoms with Crippen LogP contribution in [0.25, 0.3) is 0 Å². The summed E-state index contributed by atoms with van der Waals surface area (Å²) in [4.78, 5) is 1.39. The second kappa shape index (κ2) is 3.06. The topological polar surface area (TPSA) is 63.4 Å². The van der Waals surface area contributed by atoms with Crippen LogP contribution >= 0.6 is 11.3 Å². The number of nitrogens with zero attached hydrogens (tertiary/aromatic N) is 1. The summed E-state index contributed by atoms with van der Waals surface area (Å²) in [6.45, 7) is 1.27. The van der Waals surface area contributed by atoms with Gasteiger partial charge in [-0.25, -0.2) is 8.42 Å². The molecule has 4 nitrogen and oxygen atoms in total. The number of hydrogen-bond acceptors (Lipinski definition) is 4. The van der Waals surface area contributed by atoms with Crippen LogP contribution in [0.5, 0.6) is 0 Å². The van der Waals surface area contributed by atoms with E-state index in [-0.39, 0.29) is 0 Å². The van der Waals surface area contributed by atoms with Gasteiger partial charge in [-0.05, 0) is 11.4 Å². The Morgan fingerprint density at radius 2 is 2.38 bits per heavy atom. The highest BCUT2D eigenvalue weighted by Crippen LogP contribution is 2.33. The van der Waals surface area contributed by atoms with Crippen molar-refractivity contribution in [3.05, 3.63) is 16.3 Å². The fraction of sp³-hybridized carbons (Fsp3) is 0.429. The van der Waals surface area contributed by atoms with Gasteiger partial charge >= 0.3 is 0 Å². The lowest BCUT2D eigenvalue weighted by molar-refractivity contribution is 0.434. The van der Waals surface area contributed by atoms with Crippen molar-refractivity contribution < 1.29 is 8.42 Å². The van der Waals surface area contributed by atoms with Gasteiger partial charge in [0.15, 0.2) is 0 Å². The number of thiophene rings is 1. The average Bonchev–Trinajstić information content (AvgIpc) is 2.58. The standard InChI is InChI=1S/C7H10N2O2S2/c8-2-3-9-5-6-7(1-4-12-6)13(9,10)11/h1,4H,2-3,5,8H2. The minimum Gasteiger partial charge on any atom is -0.329 e. The third-order valence-electron chi connectivity index (χ3n) is 2.02. The number of sulfonamides is 1. The molecule has 72 valence electrons. The maximum Gasteiger partial charge on any atom is 0.244 e. The van der Waals surface area contributed by atoms with Crippen LogP contribution in [0.3, 0.4) is 0 Å². The first kappa shape index (κ1) is 9.14. The Bertz CT molecular complexity index is 410. The Kier molecular flexibility index (Phi) is 2.15. The summed E-state index contributed by atoms with van der Waals surface area (Å²) in [6, 6.07) is 1.66. The van der Waals surface area contributed by atoms with Crippen LogP contribution in [0.1, 0.15) is 4.88 Å². The van der Waals surface area contributed by atoms with Crippen molar-refractivity contribution in [2.24, 2.45) is 5.73 Å². The highest BCUT2D eigenvalue weighted by molar-refractivity contribution is 7.89. The molecule has 0 saturated carbocycles. The smallest absolute Gasteiger partial charge is 0.244 e. The SMILES string of the molecule is NCCN1Cc2sccc2S1(=O)=O. The minimum absolute atomic E-state index is 0.369. The molecular formula is C7H10N2O2S2. The largest absolute Gasteiger partial charge is 0.329 e. The lowest BCUT2D eigenvalue weighted by atomic mass is 10.4. The molecule has 0 aliphatic carbocycles. The van der Waals surface area contributed by atoms with Crippen molar-refractivity contribution >= 4 is 21.4 Å². The first-order valence-electron chi connectivity index (χ1n) is 3.93. The highest BCUT2D eigenvalue weighted by atomic mass is 32.2. The Morgan fingerprint density at radius 1 is 1.62 bits per heavy atom. The molecule has 2 N–H and O–H groups in total. The van der Waals surface area contributed by atoms with Gasteiger partial charge in [0, 0.05) is 24.5 Å². The van der Waals surface area contributed by atoms with Crippen LogP contribution in [-0.4, -0.2) is 25.8 Å². The van der Waals surface area contributed by atoms with E-state index < -0.39 is 10.0 Å². The number of nitrogens with two attached hydrogens (primary N) is 1. The lowest BCUT2D eigenvalue weighted by Gasteiger charge is -2.12. The molecule has 2 rings (SSSR count).